The van der Waals surface area contributed by atoms with Gasteiger partial charge in [-0.3, -0.25) is 9.69 Å². The Kier molecular flexibility index (Phi) is 9.69. The summed E-state index contributed by atoms with van der Waals surface area (Å²) in [7, 11) is -3.68. The summed E-state index contributed by atoms with van der Waals surface area (Å²) in [6.45, 7) is 4.72. The summed E-state index contributed by atoms with van der Waals surface area (Å²) >= 11 is 0. The van der Waals surface area contributed by atoms with Gasteiger partial charge in [-0.1, -0.05) is 80.1 Å². The highest BCUT2D eigenvalue weighted by atomic mass is 32.2. The summed E-state index contributed by atoms with van der Waals surface area (Å²) < 4.78 is 34.3. The van der Waals surface area contributed by atoms with Crippen LogP contribution >= 0.6 is 0 Å². The second-order valence-electron chi connectivity index (χ2n) is 10.4. The molecule has 1 fully saturated rings. The fraction of sp³-hybridized carbons (Fsp3) is 0.265. The van der Waals surface area contributed by atoms with Crippen LogP contribution in [0.5, 0.6) is 5.75 Å². The maximum atomic E-state index is 13.5. The minimum Gasteiger partial charge on any atom is -0.494 e. The van der Waals surface area contributed by atoms with Crippen LogP contribution in [0.25, 0.3) is 0 Å². The number of piperazine rings is 1. The molecule has 1 amide bonds. The lowest BCUT2D eigenvalue weighted by Gasteiger charge is -2.39. The Morgan fingerprint density at radius 3 is 2.02 bits per heavy atom. The van der Waals surface area contributed by atoms with Gasteiger partial charge in [-0.2, -0.15) is 4.31 Å². The highest BCUT2D eigenvalue weighted by Gasteiger charge is 2.32. The van der Waals surface area contributed by atoms with Gasteiger partial charge >= 0.3 is 0 Å². The third kappa shape index (κ3) is 7.07. The van der Waals surface area contributed by atoms with Gasteiger partial charge in [0.25, 0.3) is 5.91 Å². The van der Waals surface area contributed by atoms with Crippen LogP contribution in [0, 0.1) is 0 Å². The number of hydrogen-bond acceptors (Lipinski definition) is 5. The average molecular weight is 584 g/mol. The smallest absolute Gasteiger partial charge is 0.255 e. The van der Waals surface area contributed by atoms with E-state index < -0.39 is 10.0 Å². The molecule has 0 aliphatic carbocycles. The summed E-state index contributed by atoms with van der Waals surface area (Å²) in [5, 5.41) is 2.85. The van der Waals surface area contributed by atoms with Crippen molar-refractivity contribution in [2.75, 3.05) is 38.1 Å². The molecule has 8 heteroatoms. The summed E-state index contributed by atoms with van der Waals surface area (Å²) in [6.07, 6.45) is 1.98. The first-order chi connectivity index (χ1) is 20.5. The Bertz CT molecular complexity index is 1510. The Morgan fingerprint density at radius 2 is 1.43 bits per heavy atom. The first kappa shape index (κ1) is 29.5. The van der Waals surface area contributed by atoms with Gasteiger partial charge in [0.05, 0.1) is 17.5 Å². The lowest BCUT2D eigenvalue weighted by Crippen LogP contribution is -2.49. The zero-order valence-electron chi connectivity index (χ0n) is 23.9. The van der Waals surface area contributed by atoms with Crippen molar-refractivity contribution in [1.82, 2.24) is 9.21 Å². The van der Waals surface area contributed by atoms with Gasteiger partial charge in [-0.15, -0.1) is 0 Å². The molecule has 1 N–H and O–H groups in total. The maximum Gasteiger partial charge on any atom is 0.255 e. The van der Waals surface area contributed by atoms with Crippen molar-refractivity contribution < 1.29 is 17.9 Å². The monoisotopic (exact) mass is 583 g/mol. The molecular weight excluding hydrogens is 546 g/mol. The van der Waals surface area contributed by atoms with Crippen LogP contribution in [0.1, 0.15) is 47.3 Å². The molecule has 1 heterocycles. The molecule has 0 unspecified atom stereocenters. The lowest BCUT2D eigenvalue weighted by atomic mass is 9.96. The number of sulfonamides is 1. The number of hydrogen-bond donors (Lipinski definition) is 1. The van der Waals surface area contributed by atoms with Crippen LogP contribution in [0.3, 0.4) is 0 Å². The summed E-state index contributed by atoms with van der Waals surface area (Å²) in [4.78, 5) is 15.4. The van der Waals surface area contributed by atoms with Gasteiger partial charge in [-0.05, 0) is 60.0 Å². The van der Waals surface area contributed by atoms with Crippen molar-refractivity contribution in [2.24, 2.45) is 0 Å². The Morgan fingerprint density at radius 1 is 0.810 bits per heavy atom. The molecule has 5 rings (SSSR count). The van der Waals surface area contributed by atoms with Gasteiger partial charge in [0.2, 0.25) is 10.0 Å². The van der Waals surface area contributed by atoms with E-state index in [-0.39, 0.29) is 16.8 Å². The van der Waals surface area contributed by atoms with E-state index in [1.54, 1.807) is 46.8 Å². The third-order valence-electron chi connectivity index (χ3n) is 7.48. The number of carbonyl (C=O) groups is 1. The van der Waals surface area contributed by atoms with E-state index in [0.717, 1.165) is 12.8 Å². The van der Waals surface area contributed by atoms with Gasteiger partial charge in [0.1, 0.15) is 5.75 Å². The van der Waals surface area contributed by atoms with E-state index in [2.05, 4.69) is 41.4 Å². The van der Waals surface area contributed by atoms with Crippen LogP contribution in [-0.4, -0.2) is 56.3 Å². The first-order valence-corrected chi connectivity index (χ1v) is 15.9. The highest BCUT2D eigenvalue weighted by molar-refractivity contribution is 7.89. The number of nitrogens with zero attached hydrogens (tertiary/aromatic N) is 2. The normalized spacial score (nSPS) is 14.5. The minimum atomic E-state index is -3.68. The van der Waals surface area contributed by atoms with E-state index in [9.17, 15) is 13.2 Å². The number of anilines is 1. The fourth-order valence-electron chi connectivity index (χ4n) is 5.21. The number of ether oxygens (including phenoxy) is 1. The number of nitrogens with one attached hydrogen (secondary N) is 1. The first-order valence-electron chi connectivity index (χ1n) is 14.4. The predicted molar refractivity (Wildman–Crippen MR) is 166 cm³/mol. The van der Waals surface area contributed by atoms with E-state index in [1.807, 2.05) is 42.5 Å². The second kappa shape index (κ2) is 13.8. The molecule has 7 nitrogen and oxygen atoms in total. The predicted octanol–water partition coefficient (Wildman–Crippen LogP) is 6.21. The molecule has 1 aliphatic rings. The van der Waals surface area contributed by atoms with E-state index in [0.29, 0.717) is 49.8 Å². The molecule has 0 aromatic heterocycles. The molecule has 0 radical (unpaired) electrons. The molecule has 0 spiro atoms. The SMILES string of the molecule is CCCCOc1cccc(C(=O)Nc2ccc(S(=O)(=O)N3CCN(C(c4ccccc4)c4ccccc4)CC3)cc2)c1. The fourth-order valence-corrected chi connectivity index (χ4v) is 6.63. The molecule has 4 aromatic rings. The van der Waals surface area contributed by atoms with Gasteiger partial charge in [0.15, 0.2) is 0 Å². The average Bonchev–Trinajstić information content (AvgIpc) is 3.03. The molecule has 1 aliphatic heterocycles. The van der Waals surface area contributed by atoms with Crippen LogP contribution in [0.15, 0.2) is 114 Å². The quantitative estimate of drug-likeness (QED) is 0.212. The van der Waals surface area contributed by atoms with E-state index in [1.165, 1.54) is 11.1 Å². The number of amides is 1. The Labute approximate surface area is 248 Å². The molecule has 0 saturated carbocycles. The molecule has 0 atom stereocenters. The van der Waals surface area contributed by atoms with Crippen molar-refractivity contribution >= 4 is 21.6 Å². The third-order valence-corrected chi connectivity index (χ3v) is 9.39. The van der Waals surface area contributed by atoms with Crippen LogP contribution in [0.4, 0.5) is 5.69 Å². The van der Waals surface area contributed by atoms with Crippen molar-refractivity contribution in [3.8, 4) is 5.75 Å². The number of benzene rings is 4. The van der Waals surface area contributed by atoms with Crippen molar-refractivity contribution in [3.05, 3.63) is 126 Å². The molecule has 218 valence electrons. The zero-order valence-corrected chi connectivity index (χ0v) is 24.7. The van der Waals surface area contributed by atoms with Crippen LogP contribution in [0.2, 0.25) is 0 Å². The molecule has 4 aromatic carbocycles. The minimum absolute atomic E-state index is 0.0590. The van der Waals surface area contributed by atoms with E-state index in [4.69, 9.17) is 4.74 Å². The molecular formula is C34H37N3O4S. The molecule has 42 heavy (non-hydrogen) atoms. The summed E-state index contributed by atoms with van der Waals surface area (Å²) in [5.74, 6) is 0.366. The summed E-state index contributed by atoms with van der Waals surface area (Å²) in [5.41, 5.74) is 3.37. The van der Waals surface area contributed by atoms with Crippen LogP contribution < -0.4 is 10.1 Å². The lowest BCUT2D eigenvalue weighted by molar-refractivity contribution is 0.102. The molecule has 1 saturated heterocycles. The van der Waals surface area contributed by atoms with Gasteiger partial charge < -0.3 is 10.1 Å². The van der Waals surface area contributed by atoms with Crippen molar-refractivity contribution in [2.45, 2.75) is 30.7 Å². The van der Waals surface area contributed by atoms with E-state index >= 15 is 0 Å². The standard InChI is InChI=1S/C34H37N3O4S/c1-2-3-25-41-31-16-10-15-29(26-31)34(38)35-30-17-19-32(20-18-30)42(39,40)37-23-21-36(22-24-37)33(27-11-6-4-7-12-27)28-13-8-5-9-14-28/h4-20,26,33H,2-3,21-25H2,1H3,(H,35,38). The van der Waals surface area contributed by atoms with Gasteiger partial charge in [-0.25, -0.2) is 8.42 Å². The van der Waals surface area contributed by atoms with Crippen molar-refractivity contribution in [1.29, 1.82) is 0 Å². The maximum absolute atomic E-state index is 13.5. The Hall–Kier alpha value is -3.98. The number of unbranched alkanes of at least 4 members (excludes halogenated alkanes) is 1. The number of carbonyl (C=O) groups excluding carboxylic acids is 1. The second-order valence-corrected chi connectivity index (χ2v) is 12.3. The zero-order chi connectivity index (χ0) is 29.4. The van der Waals surface area contributed by atoms with Gasteiger partial charge in [0, 0.05) is 37.4 Å². The van der Waals surface area contributed by atoms with Crippen molar-refractivity contribution in [3.63, 3.8) is 0 Å². The largest absolute Gasteiger partial charge is 0.494 e. The molecule has 0 bridgehead atoms. The highest BCUT2D eigenvalue weighted by Crippen LogP contribution is 2.30. The van der Waals surface area contributed by atoms with Crippen LogP contribution in [-0.2, 0) is 10.0 Å². The number of rotatable bonds is 11. The summed E-state index contributed by atoms with van der Waals surface area (Å²) in [6, 6.07) is 34.1. The topological polar surface area (TPSA) is 78.9 Å². The Balaban J connectivity index is 1.22.